The van der Waals surface area contributed by atoms with Crippen molar-refractivity contribution in [1.82, 2.24) is 0 Å². The van der Waals surface area contributed by atoms with Crippen LogP contribution in [0.5, 0.6) is 11.5 Å². The minimum absolute atomic E-state index is 0.0572. The van der Waals surface area contributed by atoms with Gasteiger partial charge in [-0.05, 0) is 78.9 Å². The number of carbonyl (C=O) groups is 3. The number of phenols is 2. The maximum Gasteiger partial charge on any atom is 0.255 e. The van der Waals surface area contributed by atoms with E-state index in [-0.39, 0.29) is 28.3 Å². The summed E-state index contributed by atoms with van der Waals surface area (Å²) in [4.78, 5) is 38.5. The monoisotopic (exact) mass is 467 g/mol. The molecule has 0 atom stereocenters. The molecule has 0 aromatic heterocycles. The Bertz CT molecular complexity index is 1290. The first-order valence-corrected chi connectivity index (χ1v) is 10.6. The molecule has 5 N–H and O–H groups in total. The van der Waals surface area contributed by atoms with Crippen LogP contribution >= 0.6 is 0 Å². The van der Waals surface area contributed by atoms with Gasteiger partial charge in [0.1, 0.15) is 11.5 Å². The van der Waals surface area contributed by atoms with E-state index in [1.807, 2.05) is 0 Å². The first-order chi connectivity index (χ1) is 16.9. The lowest BCUT2D eigenvalue weighted by atomic mass is 10.1. The third-order valence-electron chi connectivity index (χ3n) is 5.00. The van der Waals surface area contributed by atoms with Crippen molar-refractivity contribution in [2.45, 2.75) is 0 Å². The highest BCUT2D eigenvalue weighted by Gasteiger charge is 2.16. The van der Waals surface area contributed by atoms with Crippen LogP contribution in [0.2, 0.25) is 0 Å². The summed E-state index contributed by atoms with van der Waals surface area (Å²) in [7, 11) is 0. The third kappa shape index (κ3) is 6.02. The highest BCUT2D eigenvalue weighted by Crippen LogP contribution is 2.21. The van der Waals surface area contributed by atoms with Gasteiger partial charge in [-0.25, -0.2) is 0 Å². The molecule has 4 rings (SSSR count). The number of anilines is 3. The molecule has 4 aromatic carbocycles. The van der Waals surface area contributed by atoms with Crippen LogP contribution in [0, 0.1) is 0 Å². The number of carbonyl (C=O) groups excluding carboxylic acids is 3. The fraction of sp³-hybridized carbons (Fsp3) is 0. The minimum atomic E-state index is -0.509. The van der Waals surface area contributed by atoms with Gasteiger partial charge in [0.15, 0.2) is 0 Å². The highest BCUT2D eigenvalue weighted by molar-refractivity contribution is 6.11. The van der Waals surface area contributed by atoms with Crippen molar-refractivity contribution in [3.63, 3.8) is 0 Å². The molecule has 0 saturated heterocycles. The normalized spacial score (nSPS) is 10.3. The summed E-state index contributed by atoms with van der Waals surface area (Å²) in [6.07, 6.45) is 0. The lowest BCUT2D eigenvalue weighted by molar-refractivity contribution is 0.101. The van der Waals surface area contributed by atoms with Crippen LogP contribution < -0.4 is 16.0 Å². The summed E-state index contributed by atoms with van der Waals surface area (Å²) in [5, 5.41) is 27.0. The van der Waals surface area contributed by atoms with Crippen molar-refractivity contribution >= 4 is 34.8 Å². The number of rotatable bonds is 6. The van der Waals surface area contributed by atoms with Crippen molar-refractivity contribution in [2.75, 3.05) is 16.0 Å². The Morgan fingerprint density at radius 1 is 0.457 bits per heavy atom. The van der Waals surface area contributed by atoms with E-state index in [0.717, 1.165) is 0 Å². The molecule has 174 valence electrons. The molecule has 0 saturated carbocycles. The van der Waals surface area contributed by atoms with Crippen molar-refractivity contribution in [3.8, 4) is 11.5 Å². The van der Waals surface area contributed by atoms with Gasteiger partial charge in [-0.15, -0.1) is 0 Å². The van der Waals surface area contributed by atoms with E-state index in [9.17, 15) is 24.6 Å². The summed E-state index contributed by atoms with van der Waals surface area (Å²) in [5.74, 6) is -1.30. The van der Waals surface area contributed by atoms with Crippen LogP contribution in [0.3, 0.4) is 0 Å². The van der Waals surface area contributed by atoms with Gasteiger partial charge in [0.2, 0.25) is 0 Å². The molecule has 8 nitrogen and oxygen atoms in total. The Morgan fingerprint density at radius 2 is 0.857 bits per heavy atom. The summed E-state index contributed by atoms with van der Waals surface area (Å²) in [5.41, 5.74) is 1.84. The molecule has 0 bridgehead atoms. The van der Waals surface area contributed by atoms with Crippen LogP contribution in [0.4, 0.5) is 17.1 Å². The second kappa shape index (κ2) is 10.2. The van der Waals surface area contributed by atoms with Crippen molar-refractivity contribution in [1.29, 1.82) is 0 Å². The molecule has 8 heteroatoms. The second-order valence-corrected chi connectivity index (χ2v) is 7.62. The van der Waals surface area contributed by atoms with Crippen LogP contribution in [-0.4, -0.2) is 27.9 Å². The van der Waals surface area contributed by atoms with Gasteiger partial charge in [0.05, 0.1) is 0 Å². The quantitative estimate of drug-likeness (QED) is 0.259. The molecule has 0 aliphatic heterocycles. The average Bonchev–Trinajstić information content (AvgIpc) is 2.87. The second-order valence-electron chi connectivity index (χ2n) is 7.62. The van der Waals surface area contributed by atoms with Gasteiger partial charge < -0.3 is 26.2 Å². The molecule has 0 aliphatic rings. The zero-order chi connectivity index (χ0) is 24.8. The Hall–Kier alpha value is -5.11. The van der Waals surface area contributed by atoms with Crippen molar-refractivity contribution in [2.24, 2.45) is 0 Å². The van der Waals surface area contributed by atoms with E-state index >= 15 is 0 Å². The predicted octanol–water partition coefficient (Wildman–Crippen LogP) is 4.85. The van der Waals surface area contributed by atoms with E-state index in [4.69, 9.17) is 0 Å². The van der Waals surface area contributed by atoms with Crippen LogP contribution in [-0.2, 0) is 0 Å². The highest BCUT2D eigenvalue weighted by atomic mass is 16.3. The number of benzene rings is 4. The fourth-order valence-electron chi connectivity index (χ4n) is 3.25. The molecule has 0 spiro atoms. The maximum atomic E-state index is 12.9. The number of phenolic OH excluding ortho intramolecular Hbond substituents is 2. The van der Waals surface area contributed by atoms with Gasteiger partial charge in [-0.2, -0.15) is 0 Å². The Kier molecular flexibility index (Phi) is 6.73. The lowest BCUT2D eigenvalue weighted by Crippen LogP contribution is -2.18. The van der Waals surface area contributed by atoms with E-state index in [0.29, 0.717) is 16.9 Å². The molecular weight excluding hydrogens is 446 g/mol. The molecule has 0 fully saturated rings. The van der Waals surface area contributed by atoms with Crippen molar-refractivity contribution < 1.29 is 24.6 Å². The first kappa shape index (κ1) is 23.1. The lowest BCUT2D eigenvalue weighted by Gasteiger charge is -2.12. The fourth-order valence-corrected chi connectivity index (χ4v) is 3.25. The molecule has 0 aliphatic carbocycles. The summed E-state index contributed by atoms with van der Waals surface area (Å²) >= 11 is 0. The summed E-state index contributed by atoms with van der Waals surface area (Å²) < 4.78 is 0. The van der Waals surface area contributed by atoms with Crippen LogP contribution in [0.25, 0.3) is 0 Å². The third-order valence-corrected chi connectivity index (χ3v) is 5.00. The number of hydrogen-bond acceptors (Lipinski definition) is 5. The molecule has 0 unspecified atom stereocenters. The molecule has 3 amide bonds. The molecular formula is C27H21N3O5. The largest absolute Gasteiger partial charge is 0.508 e. The first-order valence-electron chi connectivity index (χ1n) is 10.6. The number of amides is 3. The number of hydrogen-bond donors (Lipinski definition) is 5. The molecule has 0 radical (unpaired) electrons. The van der Waals surface area contributed by atoms with Crippen LogP contribution in [0.15, 0.2) is 97.1 Å². The predicted molar refractivity (Wildman–Crippen MR) is 133 cm³/mol. The topological polar surface area (TPSA) is 128 Å². The van der Waals surface area contributed by atoms with Gasteiger partial charge in [0, 0.05) is 33.8 Å². The molecule has 35 heavy (non-hydrogen) atoms. The maximum absolute atomic E-state index is 12.9. The SMILES string of the molecule is O=C(Nc1cc(C(=O)Nc2ccc(O)cc2)cc(C(=O)Nc2ccc(O)cc2)c1)c1ccccc1. The van der Waals surface area contributed by atoms with E-state index < -0.39 is 17.7 Å². The van der Waals surface area contributed by atoms with Gasteiger partial charge in [-0.1, -0.05) is 18.2 Å². The van der Waals surface area contributed by atoms with E-state index in [2.05, 4.69) is 16.0 Å². The standard InChI is InChI=1S/C27H21N3O5/c31-23-10-6-20(7-11-23)28-26(34)18-14-19(27(35)29-21-8-12-24(32)13-9-21)16-22(15-18)30-25(33)17-4-2-1-3-5-17/h1-16,31-32H,(H,28,34)(H,29,35)(H,30,33). The van der Waals surface area contributed by atoms with Crippen molar-refractivity contribution in [3.05, 3.63) is 114 Å². The summed E-state index contributed by atoms with van der Waals surface area (Å²) in [6.45, 7) is 0. The van der Waals surface area contributed by atoms with E-state index in [1.165, 1.54) is 66.7 Å². The van der Waals surface area contributed by atoms with E-state index in [1.54, 1.807) is 30.3 Å². The van der Waals surface area contributed by atoms with Gasteiger partial charge in [0.25, 0.3) is 17.7 Å². The minimum Gasteiger partial charge on any atom is -0.508 e. The Labute approximate surface area is 200 Å². The Morgan fingerprint density at radius 3 is 1.31 bits per heavy atom. The zero-order valence-corrected chi connectivity index (χ0v) is 18.4. The Balaban J connectivity index is 1.63. The van der Waals surface area contributed by atoms with Gasteiger partial charge in [-0.3, -0.25) is 14.4 Å². The smallest absolute Gasteiger partial charge is 0.255 e. The molecule has 4 aromatic rings. The average molecular weight is 467 g/mol. The van der Waals surface area contributed by atoms with Crippen LogP contribution in [0.1, 0.15) is 31.1 Å². The van der Waals surface area contributed by atoms with Gasteiger partial charge >= 0.3 is 0 Å². The number of nitrogens with one attached hydrogen (secondary N) is 3. The number of aromatic hydroxyl groups is 2. The molecule has 0 heterocycles. The zero-order valence-electron chi connectivity index (χ0n) is 18.4. The summed E-state index contributed by atoms with van der Waals surface area (Å²) in [6, 6.07) is 24.8.